The van der Waals surface area contributed by atoms with Gasteiger partial charge in [-0.25, -0.2) is 0 Å². The zero-order valence-electron chi connectivity index (χ0n) is 12.8. The van der Waals surface area contributed by atoms with Crippen LogP contribution in [0.25, 0.3) is 22.0 Å². The van der Waals surface area contributed by atoms with Crippen molar-refractivity contribution in [2.45, 2.75) is 17.9 Å². The summed E-state index contributed by atoms with van der Waals surface area (Å²) in [5, 5.41) is 4.84. The van der Waals surface area contributed by atoms with E-state index in [-0.39, 0.29) is 0 Å². The molecule has 0 unspecified atom stereocenters. The molecule has 0 saturated heterocycles. The van der Waals surface area contributed by atoms with Gasteiger partial charge in [0.25, 0.3) is 0 Å². The highest BCUT2D eigenvalue weighted by atomic mass is 32.2. The molecule has 112 valence electrons. The number of nitrogens with one attached hydrogen (secondary N) is 1. The van der Waals surface area contributed by atoms with E-state index >= 15 is 0 Å². The molecule has 0 bridgehead atoms. The van der Waals surface area contributed by atoms with E-state index < -0.39 is 0 Å². The lowest BCUT2D eigenvalue weighted by Gasteiger charge is -2.09. The number of fused-ring (bicyclic) bond motifs is 3. The average molecular weight is 308 g/mol. The molecule has 3 aromatic rings. The lowest BCUT2D eigenvalue weighted by atomic mass is 10.0. The second-order valence-electron chi connectivity index (χ2n) is 5.76. The Morgan fingerprint density at radius 3 is 2.86 bits per heavy atom. The number of hydrogen-bond acceptors (Lipinski definition) is 2. The van der Waals surface area contributed by atoms with Gasteiger partial charge in [-0.1, -0.05) is 24.3 Å². The summed E-state index contributed by atoms with van der Waals surface area (Å²) in [6.07, 6.45) is 3.26. The normalized spacial score (nSPS) is 14.8. The molecule has 1 N–H and O–H groups in total. The summed E-state index contributed by atoms with van der Waals surface area (Å²) in [5.74, 6) is 0. The van der Waals surface area contributed by atoms with Gasteiger partial charge < -0.3 is 9.88 Å². The highest BCUT2D eigenvalue weighted by molar-refractivity contribution is 7.98. The molecule has 0 atom stereocenters. The Kier molecular flexibility index (Phi) is 3.68. The van der Waals surface area contributed by atoms with Crippen LogP contribution in [0.2, 0.25) is 0 Å². The zero-order chi connectivity index (χ0) is 14.9. The molecule has 0 saturated carbocycles. The van der Waals surface area contributed by atoms with Gasteiger partial charge in [0.05, 0.1) is 0 Å². The molecule has 0 spiro atoms. The van der Waals surface area contributed by atoms with Gasteiger partial charge in [0.2, 0.25) is 0 Å². The minimum atomic E-state index is 1.06. The van der Waals surface area contributed by atoms with Gasteiger partial charge in [-0.3, -0.25) is 0 Å². The quantitative estimate of drug-likeness (QED) is 0.715. The number of thioether (sulfide) groups is 1. The molecule has 22 heavy (non-hydrogen) atoms. The van der Waals surface area contributed by atoms with Crippen molar-refractivity contribution < 1.29 is 0 Å². The summed E-state index contributed by atoms with van der Waals surface area (Å²) in [6.45, 7) is 3.21. The van der Waals surface area contributed by atoms with E-state index in [1.165, 1.54) is 32.6 Å². The summed E-state index contributed by atoms with van der Waals surface area (Å²) in [7, 11) is 0. The Morgan fingerprint density at radius 1 is 1.05 bits per heavy atom. The third-order valence-electron chi connectivity index (χ3n) is 4.48. The maximum Gasteiger partial charge on any atom is 0.0483 e. The van der Waals surface area contributed by atoms with Crippen LogP contribution in [-0.2, 0) is 13.0 Å². The van der Waals surface area contributed by atoms with Gasteiger partial charge in [0.15, 0.2) is 0 Å². The molecule has 1 aromatic heterocycles. The van der Waals surface area contributed by atoms with Crippen LogP contribution < -0.4 is 5.32 Å². The smallest absolute Gasteiger partial charge is 0.0483 e. The molecular weight excluding hydrogens is 288 g/mol. The monoisotopic (exact) mass is 308 g/mol. The predicted molar refractivity (Wildman–Crippen MR) is 95.7 cm³/mol. The fourth-order valence-electron chi connectivity index (χ4n) is 3.38. The van der Waals surface area contributed by atoms with Crippen LogP contribution in [-0.4, -0.2) is 23.9 Å². The fourth-order valence-corrected chi connectivity index (χ4v) is 4.00. The van der Waals surface area contributed by atoms with Crippen LogP contribution in [0.3, 0.4) is 0 Å². The minimum absolute atomic E-state index is 1.06. The van der Waals surface area contributed by atoms with E-state index in [2.05, 4.69) is 64.7 Å². The molecule has 2 nitrogen and oxygen atoms in total. The number of nitrogens with zero attached hydrogens (tertiary/aromatic N) is 1. The lowest BCUT2D eigenvalue weighted by Crippen LogP contribution is -2.17. The Hall–Kier alpha value is -1.71. The van der Waals surface area contributed by atoms with Crippen LogP contribution in [0.4, 0.5) is 0 Å². The standard InChI is InChI=1S/C19H20N2S/c1-22-19-5-3-2-4-17(19)14-6-7-18-15(12-14)13-16-8-9-20-10-11-21(16)18/h2-7,12-13,20H,8-11H2,1H3. The molecule has 1 aliphatic rings. The van der Waals surface area contributed by atoms with Crippen molar-refractivity contribution in [1.82, 2.24) is 9.88 Å². The van der Waals surface area contributed by atoms with Crippen molar-refractivity contribution in [2.24, 2.45) is 0 Å². The van der Waals surface area contributed by atoms with E-state index in [0.717, 1.165) is 26.1 Å². The van der Waals surface area contributed by atoms with Crippen molar-refractivity contribution in [3.8, 4) is 11.1 Å². The van der Waals surface area contributed by atoms with Crippen molar-refractivity contribution in [1.29, 1.82) is 0 Å². The lowest BCUT2D eigenvalue weighted by molar-refractivity contribution is 0.658. The molecule has 0 aliphatic carbocycles. The van der Waals surface area contributed by atoms with Crippen molar-refractivity contribution in [3.05, 3.63) is 54.2 Å². The predicted octanol–water partition coefficient (Wildman–Crippen LogP) is 4.18. The molecular formula is C19H20N2S. The molecule has 0 fully saturated rings. The van der Waals surface area contributed by atoms with E-state index in [4.69, 9.17) is 0 Å². The summed E-state index contributed by atoms with van der Waals surface area (Å²) in [6, 6.07) is 17.9. The first-order valence-corrected chi connectivity index (χ1v) is 9.05. The van der Waals surface area contributed by atoms with Crippen LogP contribution in [0.1, 0.15) is 5.69 Å². The van der Waals surface area contributed by atoms with Crippen molar-refractivity contribution in [3.63, 3.8) is 0 Å². The summed E-state index contributed by atoms with van der Waals surface area (Å²) in [5.41, 5.74) is 5.47. The van der Waals surface area contributed by atoms with E-state index in [1.54, 1.807) is 0 Å². The Bertz CT molecular complexity index is 819. The number of hydrogen-bond donors (Lipinski definition) is 1. The van der Waals surface area contributed by atoms with E-state index in [1.807, 2.05) is 11.8 Å². The second-order valence-corrected chi connectivity index (χ2v) is 6.61. The molecule has 2 aromatic carbocycles. The number of benzene rings is 2. The van der Waals surface area contributed by atoms with Gasteiger partial charge in [-0.15, -0.1) is 11.8 Å². The second kappa shape index (κ2) is 5.82. The van der Waals surface area contributed by atoms with Crippen LogP contribution in [0, 0.1) is 0 Å². The maximum atomic E-state index is 3.47. The Balaban J connectivity index is 1.85. The minimum Gasteiger partial charge on any atom is -0.343 e. The third-order valence-corrected chi connectivity index (χ3v) is 5.27. The molecule has 4 rings (SSSR count). The molecule has 0 amide bonds. The summed E-state index contributed by atoms with van der Waals surface area (Å²) < 4.78 is 2.47. The molecule has 1 aliphatic heterocycles. The van der Waals surface area contributed by atoms with Gasteiger partial charge >= 0.3 is 0 Å². The summed E-state index contributed by atoms with van der Waals surface area (Å²) in [4.78, 5) is 1.34. The SMILES string of the molecule is CSc1ccccc1-c1ccc2c(c1)cc1n2CCNCC1. The van der Waals surface area contributed by atoms with Crippen molar-refractivity contribution >= 4 is 22.7 Å². The number of rotatable bonds is 2. The van der Waals surface area contributed by atoms with Gasteiger partial charge in [0.1, 0.15) is 0 Å². The van der Waals surface area contributed by atoms with Crippen LogP contribution in [0.15, 0.2) is 53.4 Å². The van der Waals surface area contributed by atoms with Crippen molar-refractivity contribution in [2.75, 3.05) is 19.3 Å². The van der Waals surface area contributed by atoms with Gasteiger partial charge in [-0.05, 0) is 41.6 Å². The summed E-state index contributed by atoms with van der Waals surface area (Å²) >= 11 is 1.81. The number of aromatic nitrogens is 1. The average Bonchev–Trinajstić information content (AvgIpc) is 2.75. The highest BCUT2D eigenvalue weighted by Crippen LogP contribution is 2.33. The zero-order valence-corrected chi connectivity index (χ0v) is 13.6. The van der Waals surface area contributed by atoms with E-state index in [9.17, 15) is 0 Å². The Labute approximate surface area is 135 Å². The molecule has 2 heterocycles. The van der Waals surface area contributed by atoms with Gasteiger partial charge in [-0.2, -0.15) is 0 Å². The first-order chi connectivity index (χ1) is 10.9. The highest BCUT2D eigenvalue weighted by Gasteiger charge is 2.12. The Morgan fingerprint density at radius 2 is 1.95 bits per heavy atom. The van der Waals surface area contributed by atoms with Gasteiger partial charge in [0, 0.05) is 47.5 Å². The molecule has 3 heteroatoms. The topological polar surface area (TPSA) is 17.0 Å². The third kappa shape index (κ3) is 2.34. The maximum absolute atomic E-state index is 3.47. The first kappa shape index (κ1) is 13.9. The van der Waals surface area contributed by atoms with Crippen LogP contribution in [0.5, 0.6) is 0 Å². The van der Waals surface area contributed by atoms with E-state index in [0.29, 0.717) is 0 Å². The first-order valence-electron chi connectivity index (χ1n) is 7.83. The fraction of sp³-hybridized carbons (Fsp3) is 0.263. The van der Waals surface area contributed by atoms with Crippen LogP contribution >= 0.6 is 11.8 Å². The molecule has 0 radical (unpaired) electrons. The largest absolute Gasteiger partial charge is 0.343 e.